The van der Waals surface area contributed by atoms with Crippen molar-refractivity contribution in [2.24, 2.45) is 0 Å². The Balaban J connectivity index is 1.94. The lowest BCUT2D eigenvalue weighted by Crippen LogP contribution is -2.28. The fourth-order valence-corrected chi connectivity index (χ4v) is 3.65. The van der Waals surface area contributed by atoms with E-state index in [9.17, 15) is 4.79 Å². The summed E-state index contributed by atoms with van der Waals surface area (Å²) in [5, 5.41) is 1.98. The summed E-state index contributed by atoms with van der Waals surface area (Å²) in [4.78, 5) is 19.7. The second-order valence-corrected chi connectivity index (χ2v) is 6.38. The van der Waals surface area contributed by atoms with Gasteiger partial charge in [-0.05, 0) is 29.7 Å². The highest BCUT2D eigenvalue weighted by Gasteiger charge is 2.33. The van der Waals surface area contributed by atoms with Crippen LogP contribution in [0.3, 0.4) is 0 Å². The number of nitrogens with zero attached hydrogens (tertiary/aromatic N) is 2. The molecule has 1 aliphatic rings. The van der Waals surface area contributed by atoms with Crippen molar-refractivity contribution < 1.29 is 4.79 Å². The maximum Gasteiger partial charge on any atom is 0.272 e. The highest BCUT2D eigenvalue weighted by molar-refractivity contribution is 8.27. The Morgan fingerprint density at radius 3 is 2.84 bits per heavy atom. The van der Waals surface area contributed by atoms with Crippen LogP contribution in [0, 0.1) is 0 Å². The van der Waals surface area contributed by atoms with Gasteiger partial charge in [-0.3, -0.25) is 4.79 Å². The Labute approximate surface area is 124 Å². The molecule has 3 heterocycles. The summed E-state index contributed by atoms with van der Waals surface area (Å²) >= 11 is 8.16. The van der Waals surface area contributed by atoms with Crippen LogP contribution in [0.1, 0.15) is 4.88 Å². The number of carbonyl (C=O) groups excluding carboxylic acids is 1. The van der Waals surface area contributed by atoms with Gasteiger partial charge in [-0.2, -0.15) is 0 Å². The number of pyridine rings is 1. The largest absolute Gasteiger partial charge is 0.272 e. The van der Waals surface area contributed by atoms with Crippen molar-refractivity contribution in [3.8, 4) is 0 Å². The summed E-state index contributed by atoms with van der Waals surface area (Å²) < 4.78 is 0.520. The van der Waals surface area contributed by atoms with Crippen LogP contribution in [0.5, 0.6) is 0 Å². The van der Waals surface area contributed by atoms with E-state index in [-0.39, 0.29) is 5.91 Å². The molecule has 0 unspecified atom stereocenters. The SMILES string of the molecule is O=C1/C(=C\c2cccs2)SC(=S)N1c1ccccn1. The average Bonchev–Trinajstić information content (AvgIpc) is 3.01. The van der Waals surface area contributed by atoms with Gasteiger partial charge >= 0.3 is 0 Å². The molecular formula is C13H8N2OS3. The van der Waals surface area contributed by atoms with Gasteiger partial charge in [-0.25, -0.2) is 9.88 Å². The van der Waals surface area contributed by atoms with Crippen LogP contribution in [0.4, 0.5) is 5.82 Å². The van der Waals surface area contributed by atoms with Gasteiger partial charge in [0.25, 0.3) is 5.91 Å². The first-order valence-corrected chi connectivity index (χ1v) is 7.58. The normalized spacial score (nSPS) is 17.5. The third kappa shape index (κ3) is 2.47. The summed E-state index contributed by atoms with van der Waals surface area (Å²) in [6.45, 7) is 0. The number of amides is 1. The van der Waals surface area contributed by atoms with E-state index in [0.29, 0.717) is 15.0 Å². The fraction of sp³-hybridized carbons (Fsp3) is 0. The average molecular weight is 304 g/mol. The molecule has 0 bridgehead atoms. The molecule has 2 aromatic rings. The van der Waals surface area contributed by atoms with Crippen molar-refractivity contribution in [2.45, 2.75) is 0 Å². The molecule has 0 radical (unpaired) electrons. The van der Waals surface area contributed by atoms with Crippen LogP contribution in [-0.4, -0.2) is 15.2 Å². The predicted octanol–water partition coefficient (Wildman–Crippen LogP) is 3.55. The van der Waals surface area contributed by atoms with Gasteiger partial charge in [-0.1, -0.05) is 36.1 Å². The van der Waals surface area contributed by atoms with Crippen LogP contribution in [0.2, 0.25) is 0 Å². The van der Waals surface area contributed by atoms with Crippen molar-refractivity contribution in [1.82, 2.24) is 4.98 Å². The van der Waals surface area contributed by atoms with Crippen molar-refractivity contribution >= 4 is 57.4 Å². The number of carbonyl (C=O) groups is 1. The van der Waals surface area contributed by atoms with Gasteiger partial charge in [0, 0.05) is 11.1 Å². The zero-order chi connectivity index (χ0) is 13.2. The van der Waals surface area contributed by atoms with Crippen molar-refractivity contribution in [1.29, 1.82) is 0 Å². The second kappa shape index (κ2) is 5.24. The van der Waals surface area contributed by atoms with E-state index in [1.807, 2.05) is 35.7 Å². The molecule has 1 aliphatic heterocycles. The van der Waals surface area contributed by atoms with Crippen LogP contribution in [0.15, 0.2) is 46.8 Å². The molecule has 0 N–H and O–H groups in total. The van der Waals surface area contributed by atoms with Gasteiger partial charge in [0.2, 0.25) is 0 Å². The lowest BCUT2D eigenvalue weighted by Gasteiger charge is -2.12. The molecular weight excluding hydrogens is 296 g/mol. The Kier molecular flexibility index (Phi) is 3.46. The summed E-state index contributed by atoms with van der Waals surface area (Å²) in [7, 11) is 0. The first-order valence-electron chi connectivity index (χ1n) is 5.48. The zero-order valence-corrected chi connectivity index (χ0v) is 12.1. The lowest BCUT2D eigenvalue weighted by atomic mass is 10.3. The highest BCUT2D eigenvalue weighted by Crippen LogP contribution is 2.35. The lowest BCUT2D eigenvalue weighted by molar-refractivity contribution is -0.113. The van der Waals surface area contributed by atoms with Gasteiger partial charge in [0.05, 0.1) is 4.91 Å². The number of rotatable bonds is 2. The maximum atomic E-state index is 12.4. The van der Waals surface area contributed by atoms with E-state index in [1.165, 1.54) is 16.7 Å². The highest BCUT2D eigenvalue weighted by atomic mass is 32.2. The molecule has 3 nitrogen and oxygen atoms in total. The second-order valence-electron chi connectivity index (χ2n) is 3.72. The number of thioether (sulfide) groups is 1. The van der Waals surface area contributed by atoms with Gasteiger partial charge in [-0.15, -0.1) is 11.3 Å². The van der Waals surface area contributed by atoms with Crippen LogP contribution in [0.25, 0.3) is 6.08 Å². The predicted molar refractivity (Wildman–Crippen MR) is 84.2 cm³/mol. The van der Waals surface area contributed by atoms with Crippen LogP contribution in [-0.2, 0) is 4.79 Å². The molecule has 0 spiro atoms. The number of hydrogen-bond acceptors (Lipinski definition) is 5. The van der Waals surface area contributed by atoms with E-state index in [0.717, 1.165) is 4.88 Å². The number of anilines is 1. The quantitative estimate of drug-likeness (QED) is 0.627. The third-order valence-electron chi connectivity index (χ3n) is 2.49. The Morgan fingerprint density at radius 1 is 1.26 bits per heavy atom. The third-order valence-corrected chi connectivity index (χ3v) is 4.61. The number of thiophene rings is 1. The van der Waals surface area contributed by atoms with Crippen LogP contribution < -0.4 is 4.90 Å². The van der Waals surface area contributed by atoms with Crippen molar-refractivity contribution in [3.63, 3.8) is 0 Å². The summed E-state index contributed by atoms with van der Waals surface area (Å²) in [6.07, 6.45) is 3.52. The number of thiocarbonyl (C=S) groups is 1. The summed E-state index contributed by atoms with van der Waals surface area (Å²) in [5.74, 6) is 0.460. The standard InChI is InChI=1S/C13H8N2OS3/c16-12-10(8-9-4-3-7-18-9)19-13(17)15(12)11-5-1-2-6-14-11/h1-8H/b10-8+. The first-order chi connectivity index (χ1) is 9.25. The first kappa shape index (κ1) is 12.5. The minimum atomic E-state index is -0.109. The van der Waals surface area contributed by atoms with Gasteiger partial charge in [0.15, 0.2) is 4.32 Å². The zero-order valence-electron chi connectivity index (χ0n) is 9.65. The van der Waals surface area contributed by atoms with Gasteiger partial charge in [0.1, 0.15) is 5.82 Å². The molecule has 19 heavy (non-hydrogen) atoms. The minimum Gasteiger partial charge on any atom is -0.268 e. The monoisotopic (exact) mass is 304 g/mol. The van der Waals surface area contributed by atoms with E-state index in [1.54, 1.807) is 23.6 Å². The summed E-state index contributed by atoms with van der Waals surface area (Å²) in [6, 6.07) is 9.35. The molecule has 3 rings (SSSR count). The topological polar surface area (TPSA) is 33.2 Å². The van der Waals surface area contributed by atoms with E-state index in [4.69, 9.17) is 12.2 Å². The molecule has 1 amide bonds. The van der Waals surface area contributed by atoms with Crippen LogP contribution >= 0.6 is 35.3 Å². The molecule has 0 aliphatic carbocycles. The smallest absolute Gasteiger partial charge is 0.268 e. The van der Waals surface area contributed by atoms with Crippen molar-refractivity contribution in [2.75, 3.05) is 4.90 Å². The molecule has 2 aromatic heterocycles. The van der Waals surface area contributed by atoms with Gasteiger partial charge < -0.3 is 0 Å². The Morgan fingerprint density at radius 2 is 2.16 bits per heavy atom. The molecule has 94 valence electrons. The number of aromatic nitrogens is 1. The summed E-state index contributed by atoms with van der Waals surface area (Å²) in [5.41, 5.74) is 0. The Hall–Kier alpha value is -1.50. The molecule has 0 atom stereocenters. The number of hydrogen-bond donors (Lipinski definition) is 0. The fourth-order valence-electron chi connectivity index (χ4n) is 1.65. The molecule has 0 aromatic carbocycles. The molecule has 0 saturated carbocycles. The van der Waals surface area contributed by atoms with Crippen molar-refractivity contribution in [3.05, 3.63) is 51.7 Å². The minimum absolute atomic E-state index is 0.109. The molecule has 1 saturated heterocycles. The van der Waals surface area contributed by atoms with E-state index in [2.05, 4.69) is 4.98 Å². The maximum absolute atomic E-state index is 12.4. The van der Waals surface area contributed by atoms with E-state index >= 15 is 0 Å². The molecule has 1 fully saturated rings. The molecule has 6 heteroatoms. The Bertz CT molecular complexity index is 650. The van der Waals surface area contributed by atoms with E-state index < -0.39 is 0 Å².